The van der Waals surface area contributed by atoms with Crippen molar-refractivity contribution in [2.45, 2.75) is 20.3 Å². The van der Waals surface area contributed by atoms with E-state index >= 15 is 0 Å². The van der Waals surface area contributed by atoms with Crippen LogP contribution >= 0.6 is 0 Å². The second-order valence-corrected chi connectivity index (χ2v) is 4.51. The number of carbonyl (C=O) groups is 1. The van der Waals surface area contributed by atoms with Gasteiger partial charge in [-0.3, -0.25) is 0 Å². The summed E-state index contributed by atoms with van der Waals surface area (Å²) in [6.45, 7) is 4.02. The summed E-state index contributed by atoms with van der Waals surface area (Å²) in [5.41, 5.74) is 4.45. The predicted molar refractivity (Wildman–Crippen MR) is 77.2 cm³/mol. The van der Waals surface area contributed by atoms with E-state index in [1.807, 2.05) is 19.1 Å². The largest absolute Gasteiger partial charge is 0.478 e. The highest BCUT2D eigenvalue weighted by Gasteiger charge is 2.05. The summed E-state index contributed by atoms with van der Waals surface area (Å²) in [5, 5.41) is 12.3. The lowest BCUT2D eigenvalue weighted by Gasteiger charge is -2.11. The van der Waals surface area contributed by atoms with E-state index in [9.17, 15) is 4.79 Å². The van der Waals surface area contributed by atoms with Gasteiger partial charge in [0.1, 0.15) is 0 Å². The molecule has 2 aromatic carbocycles. The maximum Gasteiger partial charge on any atom is 0.335 e. The van der Waals surface area contributed by atoms with Crippen LogP contribution in [0.25, 0.3) is 0 Å². The van der Waals surface area contributed by atoms with E-state index in [0.717, 1.165) is 23.4 Å². The molecule has 3 heteroatoms. The van der Waals surface area contributed by atoms with Gasteiger partial charge in [0.2, 0.25) is 0 Å². The molecular formula is C16H17NO2. The Hall–Kier alpha value is -2.29. The first-order valence-electron chi connectivity index (χ1n) is 6.30. The summed E-state index contributed by atoms with van der Waals surface area (Å²) in [6, 6.07) is 13.3. The van der Waals surface area contributed by atoms with Gasteiger partial charge in [-0.15, -0.1) is 0 Å². The third-order valence-electron chi connectivity index (χ3n) is 3.09. The first kappa shape index (κ1) is 13.1. The Kier molecular flexibility index (Phi) is 3.85. The maximum atomic E-state index is 10.9. The van der Waals surface area contributed by atoms with Gasteiger partial charge in [0, 0.05) is 11.4 Å². The summed E-state index contributed by atoms with van der Waals surface area (Å²) < 4.78 is 0. The zero-order valence-corrected chi connectivity index (χ0v) is 11.1. The van der Waals surface area contributed by atoms with Crippen LogP contribution in [0.4, 0.5) is 11.4 Å². The number of benzene rings is 2. The molecule has 0 amide bonds. The highest BCUT2D eigenvalue weighted by atomic mass is 16.4. The fourth-order valence-corrected chi connectivity index (χ4v) is 1.96. The van der Waals surface area contributed by atoms with Gasteiger partial charge in [-0.25, -0.2) is 4.79 Å². The third kappa shape index (κ3) is 3.13. The molecule has 0 fully saturated rings. The van der Waals surface area contributed by atoms with Crippen LogP contribution in [0.3, 0.4) is 0 Å². The van der Waals surface area contributed by atoms with Crippen LogP contribution in [0.1, 0.15) is 28.4 Å². The predicted octanol–water partition coefficient (Wildman–Crippen LogP) is 4.00. The number of carboxylic acids is 1. The summed E-state index contributed by atoms with van der Waals surface area (Å²) >= 11 is 0. The molecule has 0 heterocycles. The number of carboxylic acid groups (broad SMARTS) is 1. The number of hydrogen-bond donors (Lipinski definition) is 2. The van der Waals surface area contributed by atoms with Crippen molar-refractivity contribution in [3.8, 4) is 0 Å². The lowest BCUT2D eigenvalue weighted by atomic mass is 10.1. The summed E-state index contributed by atoms with van der Waals surface area (Å²) in [4.78, 5) is 10.9. The minimum atomic E-state index is -0.900. The van der Waals surface area contributed by atoms with Gasteiger partial charge in [-0.1, -0.05) is 19.1 Å². The van der Waals surface area contributed by atoms with Crippen LogP contribution in [0.2, 0.25) is 0 Å². The molecule has 0 spiro atoms. The molecule has 0 unspecified atom stereocenters. The Bertz CT molecular complexity index is 605. The second kappa shape index (κ2) is 5.57. The Labute approximate surface area is 112 Å². The SMILES string of the molecule is CCc1cccc(Nc2ccc(C(=O)O)cc2C)c1. The minimum absolute atomic E-state index is 0.311. The zero-order chi connectivity index (χ0) is 13.8. The molecule has 0 atom stereocenters. The van der Waals surface area contributed by atoms with E-state index < -0.39 is 5.97 Å². The van der Waals surface area contributed by atoms with Crippen LogP contribution in [-0.4, -0.2) is 11.1 Å². The van der Waals surface area contributed by atoms with Gasteiger partial charge in [0.25, 0.3) is 0 Å². The molecular weight excluding hydrogens is 238 g/mol. The Morgan fingerprint density at radius 1 is 1.21 bits per heavy atom. The fraction of sp³-hybridized carbons (Fsp3) is 0.188. The van der Waals surface area contributed by atoms with Crippen molar-refractivity contribution in [1.29, 1.82) is 0 Å². The maximum absolute atomic E-state index is 10.9. The van der Waals surface area contributed by atoms with Gasteiger partial charge in [0.05, 0.1) is 5.56 Å². The number of aryl methyl sites for hydroxylation is 2. The molecule has 19 heavy (non-hydrogen) atoms. The van der Waals surface area contributed by atoms with E-state index in [1.54, 1.807) is 18.2 Å². The van der Waals surface area contributed by atoms with Crippen LogP contribution in [0.5, 0.6) is 0 Å². The standard InChI is InChI=1S/C16H17NO2/c1-3-12-5-4-6-14(10-12)17-15-8-7-13(16(18)19)9-11(15)2/h4-10,17H,3H2,1-2H3,(H,18,19). The highest BCUT2D eigenvalue weighted by Crippen LogP contribution is 2.22. The molecule has 2 rings (SSSR count). The first-order valence-corrected chi connectivity index (χ1v) is 6.30. The Balaban J connectivity index is 2.25. The molecule has 98 valence electrons. The number of aromatic carboxylic acids is 1. The third-order valence-corrected chi connectivity index (χ3v) is 3.09. The summed E-state index contributed by atoms with van der Waals surface area (Å²) in [5.74, 6) is -0.900. The zero-order valence-electron chi connectivity index (χ0n) is 11.1. The van der Waals surface area contributed by atoms with Gasteiger partial charge < -0.3 is 10.4 Å². The number of rotatable bonds is 4. The average molecular weight is 255 g/mol. The van der Waals surface area contributed by atoms with Crippen molar-refractivity contribution in [1.82, 2.24) is 0 Å². The fourth-order valence-electron chi connectivity index (χ4n) is 1.96. The highest BCUT2D eigenvalue weighted by molar-refractivity contribution is 5.88. The quantitative estimate of drug-likeness (QED) is 0.868. The van der Waals surface area contributed by atoms with Crippen LogP contribution in [0, 0.1) is 6.92 Å². The minimum Gasteiger partial charge on any atom is -0.478 e. The summed E-state index contributed by atoms with van der Waals surface area (Å²) in [6.07, 6.45) is 0.993. The Morgan fingerprint density at radius 3 is 2.63 bits per heavy atom. The monoisotopic (exact) mass is 255 g/mol. The molecule has 0 aromatic heterocycles. The molecule has 3 nitrogen and oxygen atoms in total. The molecule has 0 bridgehead atoms. The normalized spacial score (nSPS) is 10.2. The molecule has 0 aliphatic heterocycles. The molecule has 0 saturated heterocycles. The van der Waals surface area contributed by atoms with Gasteiger partial charge in [-0.05, 0) is 54.8 Å². The Morgan fingerprint density at radius 2 is 2.00 bits per heavy atom. The van der Waals surface area contributed by atoms with Gasteiger partial charge >= 0.3 is 5.97 Å². The van der Waals surface area contributed by atoms with Crippen LogP contribution in [-0.2, 0) is 6.42 Å². The average Bonchev–Trinajstić information content (AvgIpc) is 2.41. The van der Waals surface area contributed by atoms with E-state index in [0.29, 0.717) is 5.56 Å². The molecule has 0 saturated carbocycles. The van der Waals surface area contributed by atoms with Crippen molar-refractivity contribution in [3.05, 3.63) is 59.2 Å². The van der Waals surface area contributed by atoms with Crippen molar-refractivity contribution in [2.24, 2.45) is 0 Å². The van der Waals surface area contributed by atoms with Crippen molar-refractivity contribution in [2.75, 3.05) is 5.32 Å². The van der Waals surface area contributed by atoms with Crippen LogP contribution in [0.15, 0.2) is 42.5 Å². The van der Waals surface area contributed by atoms with E-state index in [1.165, 1.54) is 5.56 Å². The van der Waals surface area contributed by atoms with Crippen molar-refractivity contribution in [3.63, 3.8) is 0 Å². The first-order chi connectivity index (χ1) is 9.10. The topological polar surface area (TPSA) is 49.3 Å². The molecule has 0 radical (unpaired) electrons. The lowest BCUT2D eigenvalue weighted by Crippen LogP contribution is -1.99. The number of anilines is 2. The van der Waals surface area contributed by atoms with Crippen LogP contribution < -0.4 is 5.32 Å². The molecule has 0 aliphatic carbocycles. The van der Waals surface area contributed by atoms with Crippen molar-refractivity contribution >= 4 is 17.3 Å². The van der Waals surface area contributed by atoms with Gasteiger partial charge in [-0.2, -0.15) is 0 Å². The smallest absolute Gasteiger partial charge is 0.335 e. The number of nitrogens with one attached hydrogen (secondary N) is 1. The molecule has 2 N–H and O–H groups in total. The molecule has 2 aromatic rings. The lowest BCUT2D eigenvalue weighted by molar-refractivity contribution is 0.0697. The van der Waals surface area contributed by atoms with E-state index in [4.69, 9.17) is 5.11 Å². The van der Waals surface area contributed by atoms with E-state index in [-0.39, 0.29) is 0 Å². The van der Waals surface area contributed by atoms with E-state index in [2.05, 4.69) is 24.4 Å². The van der Waals surface area contributed by atoms with Crippen molar-refractivity contribution < 1.29 is 9.90 Å². The van der Waals surface area contributed by atoms with Gasteiger partial charge in [0.15, 0.2) is 0 Å². The molecule has 0 aliphatic rings. The number of hydrogen-bond acceptors (Lipinski definition) is 2. The summed E-state index contributed by atoms with van der Waals surface area (Å²) in [7, 11) is 0. The second-order valence-electron chi connectivity index (χ2n) is 4.51.